The van der Waals surface area contributed by atoms with Gasteiger partial charge in [-0.15, -0.1) is 0 Å². The van der Waals surface area contributed by atoms with E-state index in [1.54, 1.807) is 0 Å². The van der Waals surface area contributed by atoms with E-state index in [9.17, 15) is 19.0 Å². The first-order chi connectivity index (χ1) is 30.0. The molecule has 356 valence electrons. The van der Waals surface area contributed by atoms with Crippen LogP contribution in [0.1, 0.15) is 181 Å². The monoisotopic (exact) mass is 888 g/mol. The Balaban J connectivity index is 4.21. The summed E-state index contributed by atoms with van der Waals surface area (Å²) in [6.45, 7) is 4.06. The van der Waals surface area contributed by atoms with Gasteiger partial charge in [-0.25, -0.2) is 0 Å². The van der Waals surface area contributed by atoms with E-state index in [1.165, 1.54) is 57.8 Å². The number of quaternary nitrogens is 1. The number of likely N-dealkylation sites (N-methyl/N-ethyl adjacent to an activating group) is 1. The lowest BCUT2D eigenvalue weighted by molar-refractivity contribution is -0.870. The van der Waals surface area contributed by atoms with Crippen molar-refractivity contribution in [1.82, 2.24) is 0 Å². The van der Waals surface area contributed by atoms with Crippen LogP contribution in [0.4, 0.5) is 0 Å². The minimum absolute atomic E-state index is 0.0365. The van der Waals surface area contributed by atoms with Crippen molar-refractivity contribution >= 4 is 19.8 Å². The second-order valence-electron chi connectivity index (χ2n) is 17.1. The Labute approximate surface area is 380 Å². The predicted molar refractivity (Wildman–Crippen MR) is 259 cm³/mol. The first-order valence-electron chi connectivity index (χ1n) is 24.3. The molecule has 0 fully saturated rings. The zero-order valence-electron chi connectivity index (χ0n) is 40.0. The number of hydrogen-bond acceptors (Lipinski definition) is 8. The molecule has 0 spiro atoms. The van der Waals surface area contributed by atoms with Crippen molar-refractivity contribution in [1.29, 1.82) is 0 Å². The highest BCUT2D eigenvalue weighted by Gasteiger charge is 2.21. The lowest BCUT2D eigenvalue weighted by Crippen LogP contribution is -2.37. The Morgan fingerprint density at radius 1 is 0.516 bits per heavy atom. The van der Waals surface area contributed by atoms with Crippen molar-refractivity contribution in [2.45, 2.75) is 187 Å². The number of phosphoric acid groups is 1. The fourth-order valence-corrected chi connectivity index (χ4v) is 6.89. The average molecular weight is 888 g/mol. The van der Waals surface area contributed by atoms with E-state index in [0.29, 0.717) is 17.4 Å². The molecule has 0 aliphatic heterocycles. The highest BCUT2D eigenvalue weighted by atomic mass is 31.2. The topological polar surface area (TPSA) is 111 Å². The molecule has 0 radical (unpaired) electrons. The van der Waals surface area contributed by atoms with Gasteiger partial charge in [0.2, 0.25) is 0 Å². The van der Waals surface area contributed by atoms with Crippen LogP contribution in [0.15, 0.2) is 85.1 Å². The molecule has 0 aromatic heterocycles. The van der Waals surface area contributed by atoms with Gasteiger partial charge in [0, 0.05) is 12.8 Å². The van der Waals surface area contributed by atoms with Gasteiger partial charge in [0.25, 0.3) is 7.82 Å². The van der Waals surface area contributed by atoms with Crippen LogP contribution < -0.4 is 4.89 Å². The fraction of sp³-hybridized carbons (Fsp3) is 0.692. The third-order valence-electron chi connectivity index (χ3n) is 9.93. The summed E-state index contributed by atoms with van der Waals surface area (Å²) in [7, 11) is 1.15. The third kappa shape index (κ3) is 46.7. The van der Waals surface area contributed by atoms with Crippen molar-refractivity contribution in [3.8, 4) is 0 Å². The van der Waals surface area contributed by atoms with Crippen molar-refractivity contribution in [3.63, 3.8) is 0 Å². The number of ether oxygens (including phenoxy) is 2. The number of allylic oxidation sites excluding steroid dienone is 14. The van der Waals surface area contributed by atoms with Crippen LogP contribution in [0.5, 0.6) is 0 Å². The molecule has 10 heteroatoms. The molecule has 0 bridgehead atoms. The van der Waals surface area contributed by atoms with Crippen LogP contribution in [0.2, 0.25) is 0 Å². The summed E-state index contributed by atoms with van der Waals surface area (Å²) in [6.07, 6.45) is 56.3. The third-order valence-corrected chi connectivity index (χ3v) is 10.9. The smallest absolute Gasteiger partial charge is 0.306 e. The van der Waals surface area contributed by atoms with Gasteiger partial charge in [-0.05, 0) is 70.6 Å². The standard InChI is InChI=1S/C52H90NO8P/c1-6-8-10-12-14-16-17-18-19-20-21-22-23-24-25-26-27-28-29-30-31-32-33-34-35-37-39-41-43-45-52(55)61-50(49-60-62(56,57)59-47-46-53(3,4)5)48-58-51(54)44-42-40-38-36-15-13-11-9-7-2/h8,10,14,16,18-19,21-22,24-25,27-28,30-31,50H,6-7,9,11-13,15,17,20,23,26,29,32-49H2,1-5H3/b10-8-,16-14-,19-18-,22-21-,25-24-,28-27-,31-30-. The number of rotatable bonds is 43. The van der Waals surface area contributed by atoms with E-state index >= 15 is 0 Å². The highest BCUT2D eigenvalue weighted by molar-refractivity contribution is 7.45. The molecule has 0 aliphatic carbocycles. The van der Waals surface area contributed by atoms with Gasteiger partial charge in [-0.1, -0.05) is 182 Å². The minimum Gasteiger partial charge on any atom is -0.756 e. The number of carbonyl (C=O) groups is 2. The van der Waals surface area contributed by atoms with Crippen molar-refractivity contribution < 1.29 is 42.1 Å². The summed E-state index contributed by atoms with van der Waals surface area (Å²) in [6, 6.07) is 0. The largest absolute Gasteiger partial charge is 0.756 e. The first kappa shape index (κ1) is 59.2. The quantitative estimate of drug-likeness (QED) is 0.0196. The van der Waals surface area contributed by atoms with Crippen LogP contribution in [0.3, 0.4) is 0 Å². The maximum atomic E-state index is 12.7. The van der Waals surface area contributed by atoms with Gasteiger partial charge >= 0.3 is 11.9 Å². The number of unbranched alkanes of at least 4 members (excludes halogenated alkanes) is 15. The molecule has 0 aromatic carbocycles. The molecule has 0 rings (SSSR count). The van der Waals surface area contributed by atoms with Crippen LogP contribution in [-0.4, -0.2) is 70.0 Å². The summed E-state index contributed by atoms with van der Waals surface area (Å²) in [5, 5.41) is 0. The first-order valence-corrected chi connectivity index (χ1v) is 25.8. The molecule has 0 N–H and O–H groups in total. The number of hydrogen-bond donors (Lipinski definition) is 0. The van der Waals surface area contributed by atoms with Gasteiger partial charge in [0.15, 0.2) is 6.10 Å². The molecular formula is C52H90NO8P. The van der Waals surface area contributed by atoms with Gasteiger partial charge in [0.1, 0.15) is 19.8 Å². The van der Waals surface area contributed by atoms with Crippen molar-refractivity contribution in [2.24, 2.45) is 0 Å². The Bertz CT molecular complexity index is 1330. The highest BCUT2D eigenvalue weighted by Crippen LogP contribution is 2.38. The molecule has 0 aromatic rings. The van der Waals surface area contributed by atoms with Crippen molar-refractivity contribution in [3.05, 3.63) is 85.1 Å². The summed E-state index contributed by atoms with van der Waals surface area (Å²) >= 11 is 0. The van der Waals surface area contributed by atoms with Gasteiger partial charge in [-0.3, -0.25) is 14.2 Å². The molecule has 62 heavy (non-hydrogen) atoms. The average Bonchev–Trinajstić information content (AvgIpc) is 3.23. The number of esters is 2. The van der Waals surface area contributed by atoms with Crippen LogP contribution in [-0.2, 0) is 32.7 Å². The van der Waals surface area contributed by atoms with E-state index < -0.39 is 32.5 Å². The summed E-state index contributed by atoms with van der Waals surface area (Å²) in [5.74, 6) is -0.855. The summed E-state index contributed by atoms with van der Waals surface area (Å²) < 4.78 is 33.9. The number of nitrogens with zero attached hydrogens (tertiary/aromatic N) is 1. The van der Waals surface area contributed by atoms with E-state index in [1.807, 2.05) is 21.1 Å². The lowest BCUT2D eigenvalue weighted by atomic mass is 10.1. The molecule has 0 amide bonds. The lowest BCUT2D eigenvalue weighted by Gasteiger charge is -2.28. The Morgan fingerprint density at radius 2 is 0.919 bits per heavy atom. The van der Waals surface area contributed by atoms with Gasteiger partial charge in [-0.2, -0.15) is 0 Å². The normalized spacial score (nSPS) is 14.2. The predicted octanol–water partition coefficient (Wildman–Crippen LogP) is 13.7. The maximum Gasteiger partial charge on any atom is 0.306 e. The van der Waals surface area contributed by atoms with Gasteiger partial charge < -0.3 is 27.9 Å². The summed E-state index contributed by atoms with van der Waals surface area (Å²) in [4.78, 5) is 37.5. The van der Waals surface area contributed by atoms with E-state index in [0.717, 1.165) is 89.9 Å². The molecule has 0 aliphatic rings. The minimum atomic E-state index is -4.63. The van der Waals surface area contributed by atoms with Crippen LogP contribution in [0.25, 0.3) is 0 Å². The summed E-state index contributed by atoms with van der Waals surface area (Å²) in [5.41, 5.74) is 0. The number of phosphoric ester groups is 1. The molecule has 2 unspecified atom stereocenters. The van der Waals surface area contributed by atoms with E-state index in [-0.39, 0.29) is 26.1 Å². The Kier molecular flexibility index (Phi) is 41.5. The van der Waals surface area contributed by atoms with E-state index in [2.05, 4.69) is 98.9 Å². The maximum absolute atomic E-state index is 12.7. The van der Waals surface area contributed by atoms with Crippen molar-refractivity contribution in [2.75, 3.05) is 47.5 Å². The SMILES string of the molecule is CC/C=C\C/C=C\C/C=C\C/C=C\C/C=C\C/C=C\C/C=C\CCCCCCCCCC(=O)OC(COC(=O)CCCCCCCCCCC)COP(=O)([O-])OCC[N+](C)(C)C. The second kappa shape index (κ2) is 43.4. The molecule has 9 nitrogen and oxygen atoms in total. The molecule has 0 saturated heterocycles. The Morgan fingerprint density at radius 3 is 1.37 bits per heavy atom. The zero-order chi connectivity index (χ0) is 45.7. The molecule has 0 saturated carbocycles. The second-order valence-corrected chi connectivity index (χ2v) is 18.5. The molecule has 0 heterocycles. The number of carbonyl (C=O) groups excluding carboxylic acids is 2. The van der Waals surface area contributed by atoms with Crippen LogP contribution in [0, 0.1) is 0 Å². The Hall–Kier alpha value is -2.81. The molecule has 2 atom stereocenters. The van der Waals surface area contributed by atoms with E-state index in [4.69, 9.17) is 18.5 Å². The zero-order valence-corrected chi connectivity index (χ0v) is 40.9. The van der Waals surface area contributed by atoms with Crippen LogP contribution >= 0.6 is 7.82 Å². The molecular weight excluding hydrogens is 798 g/mol. The van der Waals surface area contributed by atoms with Gasteiger partial charge in [0.05, 0.1) is 27.7 Å². The fourth-order valence-electron chi connectivity index (χ4n) is 6.16.